The molecular formula is C15H16N2O3S. The van der Waals surface area contributed by atoms with Crippen LogP contribution in [0.4, 0.5) is 0 Å². The van der Waals surface area contributed by atoms with Gasteiger partial charge in [-0.05, 0) is 29.5 Å². The second kappa shape index (κ2) is 7.01. The van der Waals surface area contributed by atoms with Gasteiger partial charge in [0.1, 0.15) is 6.04 Å². The minimum atomic E-state index is -0.966. The van der Waals surface area contributed by atoms with Crippen LogP contribution in [0.1, 0.15) is 26.8 Å². The first-order chi connectivity index (χ1) is 10.1. The van der Waals surface area contributed by atoms with E-state index < -0.39 is 12.0 Å². The van der Waals surface area contributed by atoms with Gasteiger partial charge in [-0.1, -0.05) is 24.3 Å². The van der Waals surface area contributed by atoms with E-state index in [1.54, 1.807) is 24.3 Å². The summed E-state index contributed by atoms with van der Waals surface area (Å²) in [7, 11) is 0. The van der Waals surface area contributed by atoms with Gasteiger partial charge in [0, 0.05) is 11.4 Å². The Morgan fingerprint density at radius 2 is 2.00 bits per heavy atom. The van der Waals surface area contributed by atoms with E-state index in [1.807, 2.05) is 17.5 Å². The third-order valence-electron chi connectivity index (χ3n) is 3.07. The van der Waals surface area contributed by atoms with Crippen LogP contribution in [0.5, 0.6) is 0 Å². The molecule has 21 heavy (non-hydrogen) atoms. The molecule has 0 fully saturated rings. The number of nitrogens with two attached hydrogens (primary N) is 1. The molecule has 1 atom stereocenters. The molecule has 5 nitrogen and oxygen atoms in total. The number of amides is 1. The van der Waals surface area contributed by atoms with Crippen LogP contribution in [0.15, 0.2) is 41.8 Å². The summed E-state index contributed by atoms with van der Waals surface area (Å²) in [5, 5.41) is 13.7. The van der Waals surface area contributed by atoms with Crippen molar-refractivity contribution >= 4 is 23.2 Å². The molecule has 2 rings (SSSR count). The number of carboxylic acid groups (broad SMARTS) is 1. The highest BCUT2D eigenvalue weighted by molar-refractivity contribution is 7.10. The molecule has 1 unspecified atom stereocenters. The zero-order valence-electron chi connectivity index (χ0n) is 11.3. The van der Waals surface area contributed by atoms with Gasteiger partial charge in [-0.2, -0.15) is 0 Å². The summed E-state index contributed by atoms with van der Waals surface area (Å²) in [5.74, 6) is -1.22. The van der Waals surface area contributed by atoms with Crippen LogP contribution in [0, 0.1) is 0 Å². The van der Waals surface area contributed by atoms with Crippen molar-refractivity contribution in [2.24, 2.45) is 5.73 Å². The number of hydrogen-bond acceptors (Lipinski definition) is 4. The average molecular weight is 304 g/mol. The van der Waals surface area contributed by atoms with Crippen molar-refractivity contribution in [3.63, 3.8) is 0 Å². The summed E-state index contributed by atoms with van der Waals surface area (Å²) in [6.45, 7) is 0.349. The standard InChI is InChI=1S/C15H16N2O3S/c16-13(12-6-3-9-21-12)14(18)17-8-7-10-4-1-2-5-11(10)15(19)20/h1-6,9,13H,7-8,16H2,(H,17,18)(H,19,20). The Kier molecular flexibility index (Phi) is 5.08. The third kappa shape index (κ3) is 3.90. The van der Waals surface area contributed by atoms with Crippen LogP contribution >= 0.6 is 11.3 Å². The molecule has 1 aromatic heterocycles. The number of carbonyl (C=O) groups excluding carboxylic acids is 1. The minimum Gasteiger partial charge on any atom is -0.478 e. The van der Waals surface area contributed by atoms with Gasteiger partial charge in [0.25, 0.3) is 0 Å². The van der Waals surface area contributed by atoms with Gasteiger partial charge in [-0.15, -0.1) is 11.3 Å². The van der Waals surface area contributed by atoms with E-state index in [0.717, 1.165) is 4.88 Å². The lowest BCUT2D eigenvalue weighted by Gasteiger charge is -2.11. The molecule has 0 spiro atoms. The Hall–Kier alpha value is -2.18. The summed E-state index contributed by atoms with van der Waals surface area (Å²) in [6, 6.07) is 9.73. The lowest BCUT2D eigenvalue weighted by Crippen LogP contribution is -2.34. The molecule has 0 saturated heterocycles. The van der Waals surface area contributed by atoms with Crippen LogP contribution in [-0.2, 0) is 11.2 Å². The highest BCUT2D eigenvalue weighted by Crippen LogP contribution is 2.16. The second-order valence-corrected chi connectivity index (χ2v) is 5.48. The third-order valence-corrected chi connectivity index (χ3v) is 4.03. The zero-order valence-corrected chi connectivity index (χ0v) is 12.1. The fraction of sp³-hybridized carbons (Fsp3) is 0.200. The number of thiophene rings is 1. The Balaban J connectivity index is 1.90. The van der Waals surface area contributed by atoms with E-state index in [-0.39, 0.29) is 11.5 Å². The minimum absolute atomic E-state index is 0.259. The first-order valence-corrected chi connectivity index (χ1v) is 7.35. The average Bonchev–Trinajstić information content (AvgIpc) is 3.00. The molecule has 0 aliphatic rings. The van der Waals surface area contributed by atoms with Gasteiger partial charge < -0.3 is 16.2 Å². The maximum Gasteiger partial charge on any atom is 0.335 e. The monoisotopic (exact) mass is 304 g/mol. The summed E-state index contributed by atoms with van der Waals surface area (Å²) in [5.41, 5.74) is 6.79. The molecule has 0 aliphatic heterocycles. The zero-order chi connectivity index (χ0) is 15.2. The molecule has 1 aromatic carbocycles. The van der Waals surface area contributed by atoms with Crippen molar-refractivity contribution < 1.29 is 14.7 Å². The maximum absolute atomic E-state index is 11.9. The molecule has 0 radical (unpaired) electrons. The van der Waals surface area contributed by atoms with Gasteiger partial charge in [0.2, 0.25) is 5.91 Å². The van der Waals surface area contributed by atoms with Gasteiger partial charge >= 0.3 is 5.97 Å². The maximum atomic E-state index is 11.9. The highest BCUT2D eigenvalue weighted by Gasteiger charge is 2.16. The lowest BCUT2D eigenvalue weighted by atomic mass is 10.0. The normalized spacial score (nSPS) is 11.9. The quantitative estimate of drug-likeness (QED) is 0.759. The van der Waals surface area contributed by atoms with Crippen molar-refractivity contribution in [2.75, 3.05) is 6.54 Å². The number of carboxylic acids is 1. The summed E-state index contributed by atoms with van der Waals surface area (Å²) < 4.78 is 0. The fourth-order valence-corrected chi connectivity index (χ4v) is 2.70. The van der Waals surface area contributed by atoms with E-state index >= 15 is 0 Å². The van der Waals surface area contributed by atoms with Crippen molar-refractivity contribution in [2.45, 2.75) is 12.5 Å². The Labute approximate surface area is 126 Å². The first-order valence-electron chi connectivity index (χ1n) is 6.47. The van der Waals surface area contributed by atoms with E-state index in [0.29, 0.717) is 18.5 Å². The molecule has 1 amide bonds. The Morgan fingerprint density at radius 1 is 1.24 bits per heavy atom. The van der Waals surface area contributed by atoms with Crippen molar-refractivity contribution in [1.29, 1.82) is 0 Å². The van der Waals surface area contributed by atoms with E-state index in [9.17, 15) is 9.59 Å². The molecule has 0 bridgehead atoms. The van der Waals surface area contributed by atoms with Crippen LogP contribution in [0.2, 0.25) is 0 Å². The summed E-state index contributed by atoms with van der Waals surface area (Å²) in [4.78, 5) is 23.8. The van der Waals surface area contributed by atoms with Gasteiger partial charge in [-0.25, -0.2) is 4.79 Å². The molecule has 110 valence electrons. The van der Waals surface area contributed by atoms with Crippen LogP contribution < -0.4 is 11.1 Å². The van der Waals surface area contributed by atoms with Gasteiger partial charge in [0.15, 0.2) is 0 Å². The first kappa shape index (κ1) is 15.2. The number of carbonyl (C=O) groups is 2. The largest absolute Gasteiger partial charge is 0.478 e. The Bertz CT molecular complexity index is 626. The molecule has 6 heteroatoms. The Morgan fingerprint density at radius 3 is 2.67 bits per heavy atom. The lowest BCUT2D eigenvalue weighted by molar-refractivity contribution is -0.122. The molecule has 1 heterocycles. The SMILES string of the molecule is NC(C(=O)NCCc1ccccc1C(=O)O)c1cccs1. The van der Waals surface area contributed by atoms with Gasteiger partial charge in [0.05, 0.1) is 5.56 Å². The number of aromatic carboxylic acids is 1. The molecule has 0 aliphatic carbocycles. The predicted molar refractivity (Wildman–Crippen MR) is 81.4 cm³/mol. The molecule has 2 aromatic rings. The molecular weight excluding hydrogens is 288 g/mol. The smallest absolute Gasteiger partial charge is 0.335 e. The van der Waals surface area contributed by atoms with Crippen LogP contribution in [0.3, 0.4) is 0 Å². The second-order valence-electron chi connectivity index (χ2n) is 4.50. The summed E-state index contributed by atoms with van der Waals surface area (Å²) >= 11 is 1.43. The molecule has 4 N–H and O–H groups in total. The highest BCUT2D eigenvalue weighted by atomic mass is 32.1. The van der Waals surface area contributed by atoms with E-state index in [2.05, 4.69) is 5.32 Å². The number of benzene rings is 1. The fourth-order valence-electron chi connectivity index (χ4n) is 1.97. The van der Waals surface area contributed by atoms with Crippen molar-refractivity contribution in [3.05, 3.63) is 57.8 Å². The van der Waals surface area contributed by atoms with E-state index in [1.165, 1.54) is 11.3 Å². The topological polar surface area (TPSA) is 92.4 Å². The number of nitrogens with one attached hydrogen (secondary N) is 1. The van der Waals surface area contributed by atoms with Crippen LogP contribution in [-0.4, -0.2) is 23.5 Å². The van der Waals surface area contributed by atoms with Crippen molar-refractivity contribution in [1.82, 2.24) is 5.32 Å². The van der Waals surface area contributed by atoms with Crippen LogP contribution in [0.25, 0.3) is 0 Å². The van der Waals surface area contributed by atoms with Gasteiger partial charge in [-0.3, -0.25) is 4.79 Å². The predicted octanol–water partition coefficient (Wildman–Crippen LogP) is 1.80. The van der Waals surface area contributed by atoms with Crippen molar-refractivity contribution in [3.8, 4) is 0 Å². The number of hydrogen-bond donors (Lipinski definition) is 3. The molecule has 0 saturated carbocycles. The van der Waals surface area contributed by atoms with E-state index in [4.69, 9.17) is 10.8 Å². The number of rotatable bonds is 6. The summed E-state index contributed by atoms with van der Waals surface area (Å²) in [6.07, 6.45) is 0.450.